The van der Waals surface area contributed by atoms with Crippen molar-refractivity contribution in [3.05, 3.63) is 0 Å². The summed E-state index contributed by atoms with van der Waals surface area (Å²) in [6.45, 7) is 9.55. The van der Waals surface area contributed by atoms with Crippen molar-refractivity contribution in [1.29, 1.82) is 0 Å². The first-order valence-corrected chi connectivity index (χ1v) is 7.01. The largest absolute Gasteiger partial charge is 0.380 e. The topological polar surface area (TPSA) is 21.3 Å². The number of hydrogen-bond acceptors (Lipinski definition) is 2. The maximum atomic E-state index is 5.59. The van der Waals surface area contributed by atoms with Crippen molar-refractivity contribution in [3.63, 3.8) is 0 Å². The van der Waals surface area contributed by atoms with E-state index in [1.54, 1.807) is 0 Å². The van der Waals surface area contributed by atoms with E-state index in [2.05, 4.69) is 26.1 Å². The molecule has 0 bridgehead atoms. The lowest BCUT2D eigenvalue weighted by atomic mass is 9.97. The Bertz CT molecular complexity index is 170. The van der Waals surface area contributed by atoms with Crippen molar-refractivity contribution in [2.75, 3.05) is 19.8 Å². The molecule has 0 spiro atoms. The van der Waals surface area contributed by atoms with Gasteiger partial charge in [0.15, 0.2) is 0 Å². The van der Waals surface area contributed by atoms with Crippen LogP contribution in [0.2, 0.25) is 0 Å². The van der Waals surface area contributed by atoms with Gasteiger partial charge in [-0.15, -0.1) is 0 Å². The summed E-state index contributed by atoms with van der Waals surface area (Å²) in [6, 6.07) is 0.727. The van der Waals surface area contributed by atoms with Gasteiger partial charge >= 0.3 is 0 Å². The third-order valence-corrected chi connectivity index (χ3v) is 3.47. The van der Waals surface area contributed by atoms with E-state index in [-0.39, 0.29) is 0 Å². The molecule has 2 unspecified atom stereocenters. The van der Waals surface area contributed by atoms with Gasteiger partial charge in [-0.2, -0.15) is 0 Å². The van der Waals surface area contributed by atoms with Gasteiger partial charge in [0.1, 0.15) is 0 Å². The van der Waals surface area contributed by atoms with Crippen LogP contribution in [-0.2, 0) is 4.74 Å². The molecule has 1 rings (SSSR count). The standard InChI is InChI=1S/C14H29NO/c1-12(2)11-16-10-9-15-14-8-6-4-5-7-13(14)3/h12-15H,4-11H2,1-3H3. The molecule has 0 saturated heterocycles. The summed E-state index contributed by atoms with van der Waals surface area (Å²) in [6.07, 6.45) is 6.99. The number of hydrogen-bond donors (Lipinski definition) is 1. The fourth-order valence-electron chi connectivity index (χ4n) is 2.43. The highest BCUT2D eigenvalue weighted by atomic mass is 16.5. The maximum Gasteiger partial charge on any atom is 0.0591 e. The molecular formula is C14H29NO. The SMILES string of the molecule is CC(C)COCCNC1CCCCCC1C. The molecule has 2 heteroatoms. The van der Waals surface area contributed by atoms with Crippen LogP contribution < -0.4 is 5.32 Å². The van der Waals surface area contributed by atoms with E-state index in [4.69, 9.17) is 4.74 Å². The van der Waals surface area contributed by atoms with Gasteiger partial charge in [0.05, 0.1) is 6.61 Å². The van der Waals surface area contributed by atoms with Crippen LogP contribution >= 0.6 is 0 Å². The first-order valence-electron chi connectivity index (χ1n) is 7.01. The lowest BCUT2D eigenvalue weighted by Gasteiger charge is -2.22. The Kier molecular flexibility index (Phi) is 7.06. The van der Waals surface area contributed by atoms with E-state index < -0.39 is 0 Å². The minimum Gasteiger partial charge on any atom is -0.380 e. The van der Waals surface area contributed by atoms with E-state index in [1.165, 1.54) is 32.1 Å². The summed E-state index contributed by atoms with van der Waals surface area (Å²) in [4.78, 5) is 0. The molecular weight excluding hydrogens is 198 g/mol. The van der Waals surface area contributed by atoms with Crippen molar-refractivity contribution in [2.45, 2.75) is 58.9 Å². The third-order valence-electron chi connectivity index (χ3n) is 3.47. The predicted octanol–water partition coefficient (Wildman–Crippen LogP) is 3.22. The molecule has 0 radical (unpaired) electrons. The zero-order valence-electron chi connectivity index (χ0n) is 11.3. The monoisotopic (exact) mass is 227 g/mol. The zero-order valence-corrected chi connectivity index (χ0v) is 11.3. The molecule has 0 heterocycles. The van der Waals surface area contributed by atoms with E-state index >= 15 is 0 Å². The van der Waals surface area contributed by atoms with Crippen molar-refractivity contribution in [1.82, 2.24) is 5.32 Å². The lowest BCUT2D eigenvalue weighted by molar-refractivity contribution is 0.108. The Balaban J connectivity index is 2.06. The second-order valence-electron chi connectivity index (χ2n) is 5.64. The van der Waals surface area contributed by atoms with Crippen LogP contribution in [0.25, 0.3) is 0 Å². The number of nitrogens with one attached hydrogen (secondary N) is 1. The van der Waals surface area contributed by atoms with Crippen LogP contribution in [0.4, 0.5) is 0 Å². The van der Waals surface area contributed by atoms with E-state index in [9.17, 15) is 0 Å². The highest BCUT2D eigenvalue weighted by molar-refractivity contribution is 4.76. The van der Waals surface area contributed by atoms with Crippen molar-refractivity contribution < 1.29 is 4.74 Å². The quantitative estimate of drug-likeness (QED) is 0.556. The Morgan fingerprint density at radius 2 is 1.94 bits per heavy atom. The molecule has 0 aliphatic heterocycles. The van der Waals surface area contributed by atoms with Gasteiger partial charge in [0.25, 0.3) is 0 Å². The molecule has 1 aliphatic rings. The van der Waals surface area contributed by atoms with Gasteiger partial charge in [0, 0.05) is 19.2 Å². The van der Waals surface area contributed by atoms with Crippen molar-refractivity contribution in [2.24, 2.45) is 11.8 Å². The average Bonchev–Trinajstić information content (AvgIpc) is 2.43. The molecule has 96 valence electrons. The molecule has 0 aromatic carbocycles. The zero-order chi connectivity index (χ0) is 11.8. The van der Waals surface area contributed by atoms with Gasteiger partial charge in [-0.1, -0.05) is 40.0 Å². The molecule has 0 aromatic heterocycles. The molecule has 1 aliphatic carbocycles. The van der Waals surface area contributed by atoms with Crippen molar-refractivity contribution in [3.8, 4) is 0 Å². The summed E-state index contributed by atoms with van der Waals surface area (Å²) in [5.74, 6) is 1.49. The minimum absolute atomic E-state index is 0.650. The summed E-state index contributed by atoms with van der Waals surface area (Å²) in [7, 11) is 0. The summed E-state index contributed by atoms with van der Waals surface area (Å²) >= 11 is 0. The minimum atomic E-state index is 0.650. The van der Waals surface area contributed by atoms with Gasteiger partial charge in [-0.3, -0.25) is 0 Å². The van der Waals surface area contributed by atoms with Gasteiger partial charge in [-0.05, 0) is 24.7 Å². The van der Waals surface area contributed by atoms with Crippen LogP contribution in [0.1, 0.15) is 52.9 Å². The fraction of sp³-hybridized carbons (Fsp3) is 1.00. The molecule has 2 atom stereocenters. The molecule has 1 saturated carbocycles. The molecule has 16 heavy (non-hydrogen) atoms. The Morgan fingerprint density at radius 1 is 1.19 bits per heavy atom. The summed E-state index contributed by atoms with van der Waals surface area (Å²) < 4.78 is 5.59. The molecule has 2 nitrogen and oxygen atoms in total. The number of ether oxygens (including phenoxy) is 1. The van der Waals surface area contributed by atoms with E-state index in [0.717, 1.165) is 31.7 Å². The summed E-state index contributed by atoms with van der Waals surface area (Å²) in [5.41, 5.74) is 0. The van der Waals surface area contributed by atoms with E-state index in [0.29, 0.717) is 5.92 Å². The Morgan fingerprint density at radius 3 is 2.69 bits per heavy atom. The first kappa shape index (κ1) is 14.0. The van der Waals surface area contributed by atoms with Crippen LogP contribution in [0, 0.1) is 11.8 Å². The average molecular weight is 227 g/mol. The number of rotatable bonds is 6. The van der Waals surface area contributed by atoms with Crippen molar-refractivity contribution >= 4 is 0 Å². The third kappa shape index (κ3) is 5.86. The maximum absolute atomic E-state index is 5.59. The predicted molar refractivity (Wildman–Crippen MR) is 69.7 cm³/mol. The smallest absolute Gasteiger partial charge is 0.0591 e. The second-order valence-corrected chi connectivity index (χ2v) is 5.64. The summed E-state index contributed by atoms with van der Waals surface area (Å²) in [5, 5.41) is 3.66. The van der Waals surface area contributed by atoms with Crippen LogP contribution in [-0.4, -0.2) is 25.8 Å². The Labute approximate surface area is 101 Å². The van der Waals surface area contributed by atoms with Gasteiger partial charge < -0.3 is 10.1 Å². The second kappa shape index (κ2) is 8.08. The van der Waals surface area contributed by atoms with Crippen LogP contribution in [0.15, 0.2) is 0 Å². The fourth-order valence-corrected chi connectivity index (χ4v) is 2.43. The van der Waals surface area contributed by atoms with E-state index in [1.807, 2.05) is 0 Å². The highest BCUT2D eigenvalue weighted by Gasteiger charge is 2.18. The molecule has 0 aromatic rings. The highest BCUT2D eigenvalue weighted by Crippen LogP contribution is 2.22. The lowest BCUT2D eigenvalue weighted by Crippen LogP contribution is -2.36. The Hall–Kier alpha value is -0.0800. The molecule has 1 N–H and O–H groups in total. The van der Waals surface area contributed by atoms with Gasteiger partial charge in [0.2, 0.25) is 0 Å². The molecule has 0 amide bonds. The first-order chi connectivity index (χ1) is 7.70. The van der Waals surface area contributed by atoms with Crippen LogP contribution in [0.3, 0.4) is 0 Å². The van der Waals surface area contributed by atoms with Gasteiger partial charge in [-0.25, -0.2) is 0 Å². The molecule has 1 fully saturated rings. The normalized spacial score (nSPS) is 27.0. The van der Waals surface area contributed by atoms with Crippen LogP contribution in [0.5, 0.6) is 0 Å².